The van der Waals surface area contributed by atoms with Gasteiger partial charge in [0.25, 0.3) is 11.6 Å². The van der Waals surface area contributed by atoms with Crippen molar-refractivity contribution in [1.82, 2.24) is 5.32 Å². The average molecular weight is 452 g/mol. The van der Waals surface area contributed by atoms with Crippen molar-refractivity contribution < 1.29 is 28.0 Å². The molecule has 0 atom stereocenters. The summed E-state index contributed by atoms with van der Waals surface area (Å²) in [5.74, 6) is -0.839. The summed E-state index contributed by atoms with van der Waals surface area (Å²) < 4.78 is 34.9. The summed E-state index contributed by atoms with van der Waals surface area (Å²) in [5.41, 5.74) is 0.422. The van der Waals surface area contributed by atoms with Crippen LogP contribution in [0, 0.1) is 10.1 Å². The van der Waals surface area contributed by atoms with Gasteiger partial charge >= 0.3 is 6.61 Å². The van der Waals surface area contributed by atoms with E-state index in [2.05, 4.69) is 15.4 Å². The molecular formula is C19H18F2N4O5S. The zero-order valence-corrected chi connectivity index (χ0v) is 16.9. The van der Waals surface area contributed by atoms with Gasteiger partial charge in [0.1, 0.15) is 5.75 Å². The van der Waals surface area contributed by atoms with Crippen molar-refractivity contribution in [3.63, 3.8) is 0 Å². The number of anilines is 2. The zero-order chi connectivity index (χ0) is 22.4. The number of thiocarbonyl (C=S) groups is 1. The Morgan fingerprint density at radius 2 is 1.94 bits per heavy atom. The van der Waals surface area contributed by atoms with Gasteiger partial charge in [-0.15, -0.1) is 0 Å². The number of halogens is 2. The fourth-order valence-corrected chi connectivity index (χ4v) is 3.19. The van der Waals surface area contributed by atoms with Gasteiger partial charge < -0.3 is 19.7 Å². The maximum Gasteiger partial charge on any atom is 0.387 e. The summed E-state index contributed by atoms with van der Waals surface area (Å²) in [5, 5.41) is 16.0. The second kappa shape index (κ2) is 10.1. The Labute approximate surface area is 181 Å². The third-order valence-electron chi connectivity index (χ3n) is 4.37. The molecule has 0 spiro atoms. The summed E-state index contributed by atoms with van der Waals surface area (Å²) in [6, 6.07) is 9.82. The number of nitrogens with one attached hydrogen (secondary N) is 2. The fourth-order valence-electron chi connectivity index (χ4n) is 2.99. The molecule has 1 aliphatic heterocycles. The standard InChI is InChI=1S/C19H18F2N4O5S/c20-18(21)30-16-4-2-1-3-14(16)22-19(31)23-17(26)13-11-12(25(27)28)5-6-15(13)24-7-9-29-10-8-24/h1-6,11,18H,7-10H2,(H2,22,23,26,31). The maximum atomic E-state index is 12.9. The van der Waals surface area contributed by atoms with E-state index in [4.69, 9.17) is 17.0 Å². The first-order chi connectivity index (χ1) is 14.8. The molecule has 1 fully saturated rings. The molecule has 3 rings (SSSR count). The van der Waals surface area contributed by atoms with Gasteiger partial charge in [-0.2, -0.15) is 8.78 Å². The highest BCUT2D eigenvalue weighted by Crippen LogP contribution is 2.27. The van der Waals surface area contributed by atoms with E-state index in [-0.39, 0.29) is 27.8 Å². The number of alkyl halides is 2. The van der Waals surface area contributed by atoms with E-state index >= 15 is 0 Å². The molecule has 0 bridgehead atoms. The van der Waals surface area contributed by atoms with Crippen LogP contribution in [-0.4, -0.2) is 48.9 Å². The van der Waals surface area contributed by atoms with Crippen LogP contribution in [0.2, 0.25) is 0 Å². The summed E-state index contributed by atoms with van der Waals surface area (Å²) >= 11 is 5.12. The summed E-state index contributed by atoms with van der Waals surface area (Å²) in [6.07, 6.45) is 0. The average Bonchev–Trinajstić information content (AvgIpc) is 2.75. The second-order valence-corrected chi connectivity index (χ2v) is 6.75. The minimum Gasteiger partial charge on any atom is -0.433 e. The fraction of sp³-hybridized carbons (Fsp3) is 0.263. The monoisotopic (exact) mass is 452 g/mol. The highest BCUT2D eigenvalue weighted by molar-refractivity contribution is 7.80. The zero-order valence-electron chi connectivity index (χ0n) is 16.0. The van der Waals surface area contributed by atoms with Crippen LogP contribution in [0.1, 0.15) is 10.4 Å². The SMILES string of the molecule is O=C(NC(=S)Nc1ccccc1OC(F)F)c1cc([N+](=O)[O-])ccc1N1CCOCC1. The second-order valence-electron chi connectivity index (χ2n) is 6.34. The Morgan fingerprint density at radius 1 is 1.23 bits per heavy atom. The summed E-state index contributed by atoms with van der Waals surface area (Å²) in [4.78, 5) is 25.3. The van der Waals surface area contributed by atoms with Crippen molar-refractivity contribution in [2.24, 2.45) is 0 Å². The lowest BCUT2D eigenvalue weighted by Crippen LogP contribution is -2.39. The minimum absolute atomic E-state index is 0.0531. The predicted molar refractivity (Wildman–Crippen MR) is 113 cm³/mol. The smallest absolute Gasteiger partial charge is 0.387 e. The Bertz CT molecular complexity index is 986. The van der Waals surface area contributed by atoms with Crippen molar-refractivity contribution in [1.29, 1.82) is 0 Å². The molecule has 2 aromatic carbocycles. The quantitative estimate of drug-likeness (QED) is 0.391. The highest BCUT2D eigenvalue weighted by atomic mass is 32.1. The van der Waals surface area contributed by atoms with Crippen LogP contribution >= 0.6 is 12.2 Å². The molecule has 31 heavy (non-hydrogen) atoms. The predicted octanol–water partition coefficient (Wildman–Crippen LogP) is 3.16. The molecule has 0 saturated carbocycles. The van der Waals surface area contributed by atoms with Gasteiger partial charge in [0.05, 0.1) is 35.1 Å². The number of non-ortho nitro benzene ring substituents is 1. The number of benzene rings is 2. The molecule has 1 heterocycles. The normalized spacial score (nSPS) is 13.6. The van der Waals surface area contributed by atoms with Crippen LogP contribution in [0.25, 0.3) is 0 Å². The van der Waals surface area contributed by atoms with Crippen molar-refractivity contribution >= 4 is 40.3 Å². The molecule has 0 aliphatic carbocycles. The number of carbonyl (C=O) groups is 1. The van der Waals surface area contributed by atoms with Gasteiger partial charge in [0.2, 0.25) is 0 Å². The number of amides is 1. The summed E-state index contributed by atoms with van der Waals surface area (Å²) in [7, 11) is 0. The molecular weight excluding hydrogens is 434 g/mol. The lowest BCUT2D eigenvalue weighted by atomic mass is 10.1. The van der Waals surface area contributed by atoms with Gasteiger partial charge in [-0.25, -0.2) is 0 Å². The lowest BCUT2D eigenvalue weighted by Gasteiger charge is -2.30. The van der Waals surface area contributed by atoms with Crippen LogP contribution in [0.15, 0.2) is 42.5 Å². The molecule has 0 aromatic heterocycles. The number of ether oxygens (including phenoxy) is 2. The minimum atomic E-state index is -3.04. The number of morpholine rings is 1. The number of nitrogens with zero attached hydrogens (tertiary/aromatic N) is 2. The summed E-state index contributed by atoms with van der Waals surface area (Å²) in [6.45, 7) is -1.09. The Kier molecular flexibility index (Phi) is 7.26. The van der Waals surface area contributed by atoms with E-state index in [1.54, 1.807) is 6.07 Å². The molecule has 9 nitrogen and oxygen atoms in total. The van der Waals surface area contributed by atoms with Crippen molar-refractivity contribution in [2.75, 3.05) is 36.5 Å². The molecule has 1 saturated heterocycles. The lowest BCUT2D eigenvalue weighted by molar-refractivity contribution is -0.384. The van der Waals surface area contributed by atoms with Crippen LogP contribution in [0.4, 0.5) is 25.8 Å². The first-order valence-corrected chi connectivity index (χ1v) is 9.53. The first-order valence-electron chi connectivity index (χ1n) is 9.12. The van der Waals surface area contributed by atoms with Gasteiger partial charge in [0, 0.05) is 25.2 Å². The third kappa shape index (κ3) is 5.83. The Hall–Kier alpha value is -3.38. The Morgan fingerprint density at radius 3 is 2.61 bits per heavy atom. The number of carbonyl (C=O) groups excluding carboxylic acids is 1. The van der Waals surface area contributed by atoms with Crippen LogP contribution in [0.5, 0.6) is 5.75 Å². The van der Waals surface area contributed by atoms with Crippen LogP contribution in [-0.2, 0) is 4.74 Å². The van der Waals surface area contributed by atoms with Gasteiger partial charge in [-0.05, 0) is 30.4 Å². The molecule has 12 heteroatoms. The van der Waals surface area contributed by atoms with E-state index in [1.807, 2.05) is 4.90 Å². The molecule has 0 radical (unpaired) electrons. The number of nitro benzene ring substituents is 1. The third-order valence-corrected chi connectivity index (χ3v) is 4.57. The molecule has 2 aromatic rings. The van der Waals surface area contributed by atoms with Crippen molar-refractivity contribution in [3.05, 3.63) is 58.1 Å². The van der Waals surface area contributed by atoms with E-state index in [9.17, 15) is 23.7 Å². The largest absolute Gasteiger partial charge is 0.433 e. The van der Waals surface area contributed by atoms with E-state index in [0.717, 1.165) is 6.07 Å². The van der Waals surface area contributed by atoms with E-state index < -0.39 is 17.4 Å². The number of hydrogen-bond donors (Lipinski definition) is 2. The number of hydrogen-bond acceptors (Lipinski definition) is 7. The molecule has 2 N–H and O–H groups in total. The van der Waals surface area contributed by atoms with Gasteiger partial charge in [-0.3, -0.25) is 20.2 Å². The first kappa shape index (κ1) is 22.3. The van der Waals surface area contributed by atoms with E-state index in [0.29, 0.717) is 32.0 Å². The maximum absolute atomic E-state index is 12.9. The Balaban J connectivity index is 1.80. The van der Waals surface area contributed by atoms with Crippen molar-refractivity contribution in [3.8, 4) is 5.75 Å². The molecule has 1 amide bonds. The molecule has 1 aliphatic rings. The topological polar surface area (TPSA) is 106 Å². The van der Waals surface area contributed by atoms with Crippen molar-refractivity contribution in [2.45, 2.75) is 6.61 Å². The van der Waals surface area contributed by atoms with Gasteiger partial charge in [0.15, 0.2) is 5.11 Å². The highest BCUT2D eigenvalue weighted by Gasteiger charge is 2.23. The number of rotatable bonds is 6. The molecule has 0 unspecified atom stereocenters. The van der Waals surface area contributed by atoms with Crippen LogP contribution in [0.3, 0.4) is 0 Å². The number of para-hydroxylation sites is 2. The molecule has 164 valence electrons. The number of nitro groups is 1. The van der Waals surface area contributed by atoms with Crippen LogP contribution < -0.4 is 20.3 Å². The van der Waals surface area contributed by atoms with Gasteiger partial charge in [-0.1, -0.05) is 12.1 Å². The van der Waals surface area contributed by atoms with E-state index in [1.165, 1.54) is 30.3 Å².